The fraction of sp³-hybridized carbons (Fsp3) is 0. The Morgan fingerprint density at radius 1 is 0.346 bits per heavy atom. The third-order valence-corrected chi connectivity index (χ3v) is 9.27. The van der Waals surface area contributed by atoms with Gasteiger partial charge in [-0.3, -0.25) is 0 Å². The summed E-state index contributed by atoms with van der Waals surface area (Å²) in [7, 11) is 0. The van der Waals surface area contributed by atoms with Crippen LogP contribution in [0.5, 0.6) is 0 Å². The van der Waals surface area contributed by atoms with Crippen molar-refractivity contribution in [3.63, 3.8) is 0 Å². The molecule has 0 aliphatic heterocycles. The van der Waals surface area contributed by atoms with Crippen molar-refractivity contribution >= 4 is 39.0 Å². The zero-order valence-corrected chi connectivity index (χ0v) is 27.6. The number of hydrogen-bond donors (Lipinski definition) is 0. The van der Waals surface area contributed by atoms with Crippen molar-refractivity contribution in [1.29, 1.82) is 21.0 Å². The predicted octanol–water partition coefficient (Wildman–Crippen LogP) is 11.5. The molecule has 0 unspecified atom stereocenters. The van der Waals surface area contributed by atoms with Gasteiger partial charge >= 0.3 is 0 Å². The highest BCUT2D eigenvalue weighted by atomic mass is 16.3. The molecule has 0 saturated heterocycles. The molecule has 0 N–H and O–H groups in total. The third kappa shape index (κ3) is 5.66. The van der Waals surface area contributed by atoms with Crippen LogP contribution < -0.4 is 4.90 Å². The zero-order valence-electron chi connectivity index (χ0n) is 27.6. The van der Waals surface area contributed by atoms with E-state index in [-0.39, 0.29) is 0 Å². The Hall–Kier alpha value is -7.90. The molecule has 240 valence electrons. The number of nitrogens with zero attached hydrogens (tertiary/aromatic N) is 5. The molecular weight excluding hydrogens is 639 g/mol. The molecule has 0 fully saturated rings. The van der Waals surface area contributed by atoms with Gasteiger partial charge in [0.15, 0.2) is 0 Å². The van der Waals surface area contributed by atoms with Gasteiger partial charge in [-0.25, -0.2) is 0 Å². The molecular formula is C46H25N5O. The summed E-state index contributed by atoms with van der Waals surface area (Å²) in [6.07, 6.45) is 0. The molecule has 8 rings (SSSR count). The van der Waals surface area contributed by atoms with Gasteiger partial charge in [-0.1, -0.05) is 72.8 Å². The number of anilines is 3. The summed E-state index contributed by atoms with van der Waals surface area (Å²) in [4.78, 5) is 2.17. The summed E-state index contributed by atoms with van der Waals surface area (Å²) < 4.78 is 6.05. The van der Waals surface area contributed by atoms with E-state index in [1.165, 1.54) is 0 Å². The molecule has 0 bridgehead atoms. The lowest BCUT2D eigenvalue weighted by Gasteiger charge is -2.26. The predicted molar refractivity (Wildman–Crippen MR) is 204 cm³/mol. The summed E-state index contributed by atoms with van der Waals surface area (Å²) in [6, 6.07) is 58.0. The largest absolute Gasteiger partial charge is 0.456 e. The molecule has 6 heteroatoms. The SMILES string of the molecule is N#Cc1ccc(-c2ccc(N(c3ccc(-c4ccc(C#N)c(C#N)c4)cc3)c3ccc(-c4ccc5oc6ccccc6c5c4)cc3)cc2)cc1C#N. The van der Waals surface area contributed by atoms with Crippen molar-refractivity contribution < 1.29 is 4.42 Å². The lowest BCUT2D eigenvalue weighted by atomic mass is 9.99. The molecule has 0 radical (unpaired) electrons. The van der Waals surface area contributed by atoms with E-state index in [4.69, 9.17) is 4.42 Å². The number of benzene rings is 7. The van der Waals surface area contributed by atoms with Crippen LogP contribution in [0.2, 0.25) is 0 Å². The van der Waals surface area contributed by atoms with Gasteiger partial charge < -0.3 is 9.32 Å². The number of furan rings is 1. The van der Waals surface area contributed by atoms with Crippen LogP contribution >= 0.6 is 0 Å². The van der Waals surface area contributed by atoms with Gasteiger partial charge in [0.25, 0.3) is 0 Å². The highest BCUT2D eigenvalue weighted by Gasteiger charge is 2.15. The summed E-state index contributed by atoms with van der Waals surface area (Å²) in [5.74, 6) is 0. The molecule has 52 heavy (non-hydrogen) atoms. The van der Waals surface area contributed by atoms with E-state index >= 15 is 0 Å². The first-order valence-electron chi connectivity index (χ1n) is 16.5. The van der Waals surface area contributed by atoms with Crippen LogP contribution in [0.3, 0.4) is 0 Å². The highest BCUT2D eigenvalue weighted by molar-refractivity contribution is 6.06. The zero-order chi connectivity index (χ0) is 35.6. The van der Waals surface area contributed by atoms with Crippen LogP contribution in [-0.4, -0.2) is 0 Å². The Balaban J connectivity index is 1.17. The lowest BCUT2D eigenvalue weighted by molar-refractivity contribution is 0.669. The minimum Gasteiger partial charge on any atom is -0.456 e. The molecule has 0 aliphatic carbocycles. The van der Waals surface area contributed by atoms with E-state index in [1.807, 2.05) is 84.9 Å². The second-order valence-corrected chi connectivity index (χ2v) is 12.3. The summed E-state index contributed by atoms with van der Waals surface area (Å²) in [5.41, 5.74) is 11.6. The molecule has 0 amide bonds. The van der Waals surface area contributed by atoms with E-state index in [1.54, 1.807) is 24.3 Å². The monoisotopic (exact) mass is 663 g/mol. The number of hydrogen-bond acceptors (Lipinski definition) is 6. The van der Waals surface area contributed by atoms with Gasteiger partial charge in [0, 0.05) is 27.8 Å². The third-order valence-electron chi connectivity index (χ3n) is 9.27. The van der Waals surface area contributed by atoms with Gasteiger partial charge in [0.1, 0.15) is 35.4 Å². The number of para-hydroxylation sites is 1. The van der Waals surface area contributed by atoms with E-state index in [9.17, 15) is 21.0 Å². The van der Waals surface area contributed by atoms with Crippen LogP contribution in [0.4, 0.5) is 17.1 Å². The standard InChI is InChI=1S/C46H25N5O/c47-26-36-7-5-33(23-38(36)28-49)30-9-16-40(17-10-30)51(41-18-11-31(12-19-41)34-6-8-37(27-48)39(24-34)29-50)42-20-13-32(14-21-42)35-15-22-46-44(25-35)43-3-1-2-4-45(43)52-46/h1-25H. The summed E-state index contributed by atoms with van der Waals surface area (Å²) >= 11 is 0. The fourth-order valence-corrected chi connectivity index (χ4v) is 6.59. The number of nitriles is 4. The summed E-state index contributed by atoms with van der Waals surface area (Å²) in [5, 5.41) is 40.0. The van der Waals surface area contributed by atoms with Crippen LogP contribution in [0, 0.1) is 45.3 Å². The lowest BCUT2D eigenvalue weighted by Crippen LogP contribution is -2.09. The van der Waals surface area contributed by atoms with Crippen LogP contribution in [0.1, 0.15) is 22.3 Å². The van der Waals surface area contributed by atoms with Crippen molar-refractivity contribution in [1.82, 2.24) is 0 Å². The molecule has 6 nitrogen and oxygen atoms in total. The maximum absolute atomic E-state index is 9.56. The Morgan fingerprint density at radius 3 is 1.19 bits per heavy atom. The average Bonchev–Trinajstić information content (AvgIpc) is 3.59. The number of rotatable bonds is 6. The Labute approximate surface area is 300 Å². The van der Waals surface area contributed by atoms with Crippen molar-refractivity contribution in [2.45, 2.75) is 0 Å². The second-order valence-electron chi connectivity index (χ2n) is 12.3. The topological polar surface area (TPSA) is 112 Å². The quantitative estimate of drug-likeness (QED) is 0.175. The maximum atomic E-state index is 9.56. The van der Waals surface area contributed by atoms with Crippen molar-refractivity contribution in [3.8, 4) is 57.7 Å². The first-order chi connectivity index (χ1) is 25.6. The van der Waals surface area contributed by atoms with Gasteiger partial charge in [0.05, 0.1) is 22.3 Å². The van der Waals surface area contributed by atoms with Crippen molar-refractivity contribution in [2.75, 3.05) is 4.90 Å². The molecule has 1 aromatic heterocycles. The minimum atomic E-state index is 0.343. The van der Waals surface area contributed by atoms with E-state index in [0.29, 0.717) is 22.3 Å². The molecule has 0 spiro atoms. The Morgan fingerprint density at radius 2 is 0.731 bits per heavy atom. The normalized spacial score (nSPS) is 10.6. The summed E-state index contributed by atoms with van der Waals surface area (Å²) in [6.45, 7) is 0. The van der Waals surface area contributed by atoms with Crippen molar-refractivity contribution in [3.05, 3.63) is 174 Å². The van der Waals surface area contributed by atoms with Gasteiger partial charge in [-0.05, 0) is 112 Å². The van der Waals surface area contributed by atoms with E-state index in [0.717, 1.165) is 72.4 Å². The second kappa shape index (κ2) is 13.2. The molecule has 8 aromatic rings. The van der Waals surface area contributed by atoms with Gasteiger partial charge in [-0.15, -0.1) is 0 Å². The molecule has 0 aliphatic rings. The van der Waals surface area contributed by atoms with Gasteiger partial charge in [-0.2, -0.15) is 21.0 Å². The smallest absolute Gasteiger partial charge is 0.135 e. The van der Waals surface area contributed by atoms with Crippen LogP contribution in [0.15, 0.2) is 156 Å². The first-order valence-corrected chi connectivity index (χ1v) is 16.5. The maximum Gasteiger partial charge on any atom is 0.135 e. The van der Waals surface area contributed by atoms with E-state index < -0.39 is 0 Å². The molecule has 0 saturated carbocycles. The number of fused-ring (bicyclic) bond motifs is 3. The van der Waals surface area contributed by atoms with Crippen LogP contribution in [-0.2, 0) is 0 Å². The first kappa shape index (κ1) is 31.4. The Bertz CT molecular complexity index is 2700. The average molecular weight is 664 g/mol. The highest BCUT2D eigenvalue weighted by Crippen LogP contribution is 2.39. The van der Waals surface area contributed by atoms with Gasteiger partial charge in [0.2, 0.25) is 0 Å². The molecule has 7 aromatic carbocycles. The Kier molecular flexibility index (Phi) is 7.96. The minimum absolute atomic E-state index is 0.343. The fourth-order valence-electron chi connectivity index (χ4n) is 6.59. The van der Waals surface area contributed by atoms with E-state index in [2.05, 4.69) is 71.6 Å². The van der Waals surface area contributed by atoms with Crippen LogP contribution in [0.25, 0.3) is 55.3 Å². The molecule has 1 heterocycles. The van der Waals surface area contributed by atoms with Crippen molar-refractivity contribution in [2.24, 2.45) is 0 Å². The molecule has 0 atom stereocenters.